The number of carbonyl (C=O) groups excluding carboxylic acids is 2. The second-order valence-corrected chi connectivity index (χ2v) is 8.90. The number of fused-ring (bicyclic) bond motifs is 1. The highest BCUT2D eigenvalue weighted by Gasteiger charge is 2.13. The highest BCUT2D eigenvalue weighted by molar-refractivity contribution is 5.92. The van der Waals surface area contributed by atoms with Crippen molar-refractivity contribution in [3.05, 3.63) is 61.6 Å². The zero-order valence-corrected chi connectivity index (χ0v) is 21.1. The molecule has 11 heteroatoms. The number of nitrogens with zero attached hydrogens (tertiary/aromatic N) is 4. The predicted octanol–water partition coefficient (Wildman–Crippen LogP) is 4.93. The van der Waals surface area contributed by atoms with Crippen LogP contribution in [0.4, 0.5) is 17.3 Å². The van der Waals surface area contributed by atoms with Gasteiger partial charge in [-0.1, -0.05) is 18.9 Å². The lowest BCUT2D eigenvalue weighted by molar-refractivity contribution is -0.129. The Balaban J connectivity index is 1.33. The Hall–Kier alpha value is -4.51. The van der Waals surface area contributed by atoms with Crippen molar-refractivity contribution in [1.29, 1.82) is 0 Å². The summed E-state index contributed by atoms with van der Waals surface area (Å²) >= 11 is 0. The van der Waals surface area contributed by atoms with E-state index in [1.54, 1.807) is 11.7 Å². The first kappa shape index (κ1) is 26.6. The number of hydrogen-bond donors (Lipinski definition) is 5. The topological polar surface area (TPSA) is 150 Å². The van der Waals surface area contributed by atoms with Crippen LogP contribution in [-0.4, -0.2) is 41.8 Å². The van der Waals surface area contributed by atoms with Crippen molar-refractivity contribution in [2.45, 2.75) is 51.5 Å². The van der Waals surface area contributed by atoms with E-state index in [4.69, 9.17) is 10.2 Å². The number of aryl methyl sites for hydroxylation is 1. The molecule has 1 aromatic carbocycles. The van der Waals surface area contributed by atoms with Crippen molar-refractivity contribution in [2.75, 3.05) is 10.6 Å². The summed E-state index contributed by atoms with van der Waals surface area (Å²) in [5.74, 6) is 0.00380. The van der Waals surface area contributed by atoms with Gasteiger partial charge in [-0.15, -0.1) is 6.58 Å². The standard InChI is InChI=1S/C27H32N8O3/c1-2-3-16-35-18-19(17-29-35)25-22-14-15-28-26(22)33-27(32-25)31-21-12-10-20(11-13-21)30-23(36)8-6-4-5-7-9-24(37)34-38/h2,10-15,17-18,38H,1,3-9,16H2,(H,30,36)(H,34,37)(H2,28,31,32,33). The van der Waals surface area contributed by atoms with E-state index in [0.717, 1.165) is 60.2 Å². The average Bonchev–Trinajstić information content (AvgIpc) is 3.60. The van der Waals surface area contributed by atoms with E-state index < -0.39 is 0 Å². The predicted molar refractivity (Wildman–Crippen MR) is 146 cm³/mol. The van der Waals surface area contributed by atoms with Gasteiger partial charge in [0.1, 0.15) is 5.65 Å². The number of anilines is 3. The lowest BCUT2D eigenvalue weighted by atomic mass is 10.1. The van der Waals surface area contributed by atoms with Gasteiger partial charge in [-0.05, 0) is 49.6 Å². The van der Waals surface area contributed by atoms with E-state index in [1.807, 2.05) is 53.5 Å². The Kier molecular flexibility index (Phi) is 9.19. The summed E-state index contributed by atoms with van der Waals surface area (Å²) < 4.78 is 1.87. The summed E-state index contributed by atoms with van der Waals surface area (Å²) in [4.78, 5) is 35.7. The Bertz CT molecular complexity index is 1380. The van der Waals surface area contributed by atoms with Gasteiger partial charge in [0.05, 0.1) is 11.9 Å². The van der Waals surface area contributed by atoms with E-state index in [1.165, 1.54) is 0 Å². The molecule has 3 heterocycles. The number of amides is 2. The van der Waals surface area contributed by atoms with Gasteiger partial charge in [-0.3, -0.25) is 19.5 Å². The molecule has 0 aliphatic heterocycles. The molecule has 0 fully saturated rings. The van der Waals surface area contributed by atoms with Crippen LogP contribution in [0.25, 0.3) is 22.3 Å². The second-order valence-electron chi connectivity index (χ2n) is 8.90. The van der Waals surface area contributed by atoms with Crippen LogP contribution < -0.4 is 16.1 Å². The van der Waals surface area contributed by atoms with Gasteiger partial charge >= 0.3 is 0 Å². The number of hydrogen-bond acceptors (Lipinski definition) is 7. The Labute approximate surface area is 220 Å². The summed E-state index contributed by atoms with van der Waals surface area (Å²) in [7, 11) is 0. The first-order valence-electron chi connectivity index (χ1n) is 12.6. The molecule has 0 radical (unpaired) electrons. The van der Waals surface area contributed by atoms with Crippen LogP contribution in [0.2, 0.25) is 0 Å². The van der Waals surface area contributed by atoms with Gasteiger partial charge < -0.3 is 15.6 Å². The molecule has 38 heavy (non-hydrogen) atoms. The minimum Gasteiger partial charge on any atom is -0.346 e. The number of rotatable bonds is 14. The van der Waals surface area contributed by atoms with Crippen molar-refractivity contribution < 1.29 is 14.8 Å². The summed E-state index contributed by atoms with van der Waals surface area (Å²) in [5, 5.41) is 20.0. The smallest absolute Gasteiger partial charge is 0.243 e. The molecule has 198 valence electrons. The normalized spacial score (nSPS) is 10.9. The van der Waals surface area contributed by atoms with Gasteiger partial charge in [-0.2, -0.15) is 10.1 Å². The minimum absolute atomic E-state index is 0.0578. The third-order valence-corrected chi connectivity index (χ3v) is 5.99. The number of allylic oxidation sites excluding steroid dienone is 1. The van der Waals surface area contributed by atoms with Gasteiger partial charge in [-0.25, -0.2) is 10.5 Å². The van der Waals surface area contributed by atoms with Crippen LogP contribution in [0.1, 0.15) is 44.9 Å². The molecular formula is C27H32N8O3. The van der Waals surface area contributed by atoms with E-state index in [2.05, 4.69) is 32.3 Å². The number of benzene rings is 1. The van der Waals surface area contributed by atoms with Gasteiger partial charge in [0, 0.05) is 54.1 Å². The molecular weight excluding hydrogens is 484 g/mol. The van der Waals surface area contributed by atoms with E-state index in [0.29, 0.717) is 24.5 Å². The molecule has 0 aliphatic carbocycles. The minimum atomic E-state index is -0.385. The number of unbranched alkanes of at least 4 members (excludes halogenated alkanes) is 3. The van der Waals surface area contributed by atoms with Crippen LogP contribution in [0.3, 0.4) is 0 Å². The molecule has 5 N–H and O–H groups in total. The van der Waals surface area contributed by atoms with Gasteiger partial charge in [0.2, 0.25) is 17.8 Å². The molecule has 4 aromatic rings. The van der Waals surface area contributed by atoms with E-state index in [-0.39, 0.29) is 18.2 Å². The molecule has 0 unspecified atom stereocenters. The molecule has 0 saturated heterocycles. The van der Waals surface area contributed by atoms with E-state index in [9.17, 15) is 9.59 Å². The average molecular weight is 517 g/mol. The molecule has 0 atom stereocenters. The Morgan fingerprint density at radius 2 is 1.74 bits per heavy atom. The molecule has 0 aliphatic rings. The Morgan fingerprint density at radius 3 is 2.47 bits per heavy atom. The number of H-pyrrole nitrogens is 1. The van der Waals surface area contributed by atoms with Crippen molar-refractivity contribution in [2.24, 2.45) is 0 Å². The second kappa shape index (κ2) is 13.2. The molecule has 3 aromatic heterocycles. The largest absolute Gasteiger partial charge is 0.346 e. The maximum atomic E-state index is 12.2. The van der Waals surface area contributed by atoms with Crippen molar-refractivity contribution in [1.82, 2.24) is 30.2 Å². The van der Waals surface area contributed by atoms with Crippen LogP contribution in [0.15, 0.2) is 61.6 Å². The van der Waals surface area contributed by atoms with Crippen LogP contribution in [0.5, 0.6) is 0 Å². The van der Waals surface area contributed by atoms with Crippen molar-refractivity contribution >= 4 is 40.2 Å². The third-order valence-electron chi connectivity index (χ3n) is 5.99. The fourth-order valence-electron chi connectivity index (χ4n) is 4.02. The maximum Gasteiger partial charge on any atom is 0.243 e. The number of carbonyl (C=O) groups is 2. The maximum absolute atomic E-state index is 12.2. The highest BCUT2D eigenvalue weighted by atomic mass is 16.5. The van der Waals surface area contributed by atoms with Crippen molar-refractivity contribution in [3.8, 4) is 11.3 Å². The zero-order valence-electron chi connectivity index (χ0n) is 21.1. The fourth-order valence-corrected chi connectivity index (χ4v) is 4.02. The number of aromatic nitrogens is 5. The monoisotopic (exact) mass is 516 g/mol. The SMILES string of the molecule is C=CCCn1cc(-c2nc(Nc3ccc(NC(=O)CCCCCCC(=O)NO)cc3)nc3[nH]ccc23)cn1. The Morgan fingerprint density at radius 1 is 1.00 bits per heavy atom. The zero-order chi connectivity index (χ0) is 26.7. The number of nitrogens with one attached hydrogen (secondary N) is 4. The lowest BCUT2D eigenvalue weighted by Gasteiger charge is -2.09. The first-order valence-corrected chi connectivity index (χ1v) is 12.6. The highest BCUT2D eigenvalue weighted by Crippen LogP contribution is 2.28. The molecule has 11 nitrogen and oxygen atoms in total. The summed E-state index contributed by atoms with van der Waals surface area (Å²) in [5.41, 5.74) is 5.51. The van der Waals surface area contributed by atoms with Crippen LogP contribution in [0, 0.1) is 0 Å². The number of aromatic amines is 1. The van der Waals surface area contributed by atoms with Gasteiger partial charge in [0.25, 0.3) is 0 Å². The van der Waals surface area contributed by atoms with Crippen LogP contribution >= 0.6 is 0 Å². The lowest BCUT2D eigenvalue weighted by Crippen LogP contribution is -2.17. The quantitative estimate of drug-likeness (QED) is 0.0690. The first-order chi connectivity index (χ1) is 18.6. The van der Waals surface area contributed by atoms with Crippen LogP contribution in [-0.2, 0) is 16.1 Å². The summed E-state index contributed by atoms with van der Waals surface area (Å²) in [6, 6.07) is 9.31. The fraction of sp³-hybridized carbons (Fsp3) is 0.296. The molecule has 0 saturated carbocycles. The molecule has 2 amide bonds. The van der Waals surface area contributed by atoms with Gasteiger partial charge in [0.15, 0.2) is 0 Å². The van der Waals surface area contributed by atoms with E-state index >= 15 is 0 Å². The summed E-state index contributed by atoms with van der Waals surface area (Å²) in [6.07, 6.45) is 12.1. The van der Waals surface area contributed by atoms with Crippen molar-refractivity contribution in [3.63, 3.8) is 0 Å². The number of hydroxylamine groups is 1. The molecule has 0 bridgehead atoms. The molecule has 0 spiro atoms. The summed E-state index contributed by atoms with van der Waals surface area (Å²) in [6.45, 7) is 4.52. The molecule has 4 rings (SSSR count). The third kappa shape index (κ3) is 7.26.